The molecule has 5 nitrogen and oxygen atoms in total. The highest BCUT2D eigenvalue weighted by molar-refractivity contribution is 5.95. The molecule has 1 aliphatic rings. The van der Waals surface area contributed by atoms with E-state index in [1.165, 1.54) is 18.3 Å². The third-order valence-corrected chi connectivity index (χ3v) is 4.51. The monoisotopic (exact) mass is 358 g/mol. The molecule has 136 valence electrons. The highest BCUT2D eigenvalue weighted by atomic mass is 19.3. The van der Waals surface area contributed by atoms with Gasteiger partial charge in [-0.3, -0.25) is 9.88 Å². The summed E-state index contributed by atoms with van der Waals surface area (Å²) in [6.45, 7) is 3.60. The fraction of sp³-hybridized carbons (Fsp3) is 0.368. The number of benzene rings is 1. The summed E-state index contributed by atoms with van der Waals surface area (Å²) in [6.07, 6.45) is 5.25. The van der Waals surface area contributed by atoms with Crippen molar-refractivity contribution in [2.45, 2.75) is 25.5 Å². The minimum Gasteiger partial charge on any atom is -0.435 e. The number of ether oxygens (including phenoxy) is 1. The van der Waals surface area contributed by atoms with Gasteiger partial charge in [0.05, 0.1) is 16.8 Å². The smallest absolute Gasteiger partial charge is 0.387 e. The summed E-state index contributed by atoms with van der Waals surface area (Å²) < 4.78 is 29.5. The van der Waals surface area contributed by atoms with Gasteiger partial charge in [0.1, 0.15) is 11.8 Å². The number of aromatic nitrogens is 1. The predicted octanol–water partition coefficient (Wildman–Crippen LogP) is 3.77. The maximum atomic E-state index is 12.5. The topological polar surface area (TPSA) is 61.2 Å². The van der Waals surface area contributed by atoms with E-state index in [9.17, 15) is 14.0 Å². The van der Waals surface area contributed by atoms with Crippen molar-refractivity contribution in [1.82, 2.24) is 9.88 Å². The van der Waals surface area contributed by atoms with Crippen LogP contribution in [0.1, 0.15) is 18.4 Å². The SMILES string of the molecule is C=CCN1CCC(Nc2c(C#N)cnc3ccc(OC(F)F)cc23)CC1. The van der Waals surface area contributed by atoms with Crippen molar-refractivity contribution in [2.75, 3.05) is 25.0 Å². The number of hydrogen-bond acceptors (Lipinski definition) is 5. The van der Waals surface area contributed by atoms with Crippen LogP contribution < -0.4 is 10.1 Å². The number of halogens is 2. The largest absolute Gasteiger partial charge is 0.435 e. The molecule has 1 aliphatic heterocycles. The van der Waals surface area contributed by atoms with Crippen molar-refractivity contribution < 1.29 is 13.5 Å². The standard InChI is InChI=1S/C19H20F2N4O/c1-2-7-25-8-5-14(6-9-25)24-18-13(11-22)12-23-17-4-3-15(10-16(17)18)26-19(20)21/h2-4,10,12,14,19H,1,5-9H2,(H,23,24). The number of likely N-dealkylation sites (tertiary alicyclic amines) is 1. The molecule has 2 aromatic rings. The Labute approximate surface area is 150 Å². The van der Waals surface area contributed by atoms with Gasteiger partial charge in [-0.25, -0.2) is 0 Å². The Morgan fingerprint density at radius 2 is 2.19 bits per heavy atom. The summed E-state index contributed by atoms with van der Waals surface area (Å²) >= 11 is 0. The number of anilines is 1. The van der Waals surface area contributed by atoms with E-state index in [1.807, 2.05) is 6.08 Å². The van der Waals surface area contributed by atoms with Crippen molar-refractivity contribution in [3.8, 4) is 11.8 Å². The summed E-state index contributed by atoms with van der Waals surface area (Å²) in [4.78, 5) is 6.55. The van der Waals surface area contributed by atoms with Crippen molar-refractivity contribution in [1.29, 1.82) is 5.26 Å². The molecule has 0 aliphatic carbocycles. The molecule has 2 heterocycles. The number of piperidine rings is 1. The molecule has 0 radical (unpaired) electrons. The third-order valence-electron chi connectivity index (χ3n) is 4.51. The van der Waals surface area contributed by atoms with Crippen LogP contribution in [-0.2, 0) is 0 Å². The number of alkyl halides is 2. The molecule has 7 heteroatoms. The molecule has 3 rings (SSSR count). The van der Waals surface area contributed by atoms with E-state index >= 15 is 0 Å². The fourth-order valence-corrected chi connectivity index (χ4v) is 3.23. The van der Waals surface area contributed by atoms with Crippen molar-refractivity contribution in [2.24, 2.45) is 0 Å². The minimum absolute atomic E-state index is 0.0493. The minimum atomic E-state index is -2.90. The highest BCUT2D eigenvalue weighted by Gasteiger charge is 2.20. The van der Waals surface area contributed by atoms with E-state index in [0.717, 1.165) is 32.5 Å². The normalized spacial score (nSPS) is 15.8. The van der Waals surface area contributed by atoms with Crippen LogP contribution >= 0.6 is 0 Å². The number of nitrogens with one attached hydrogen (secondary N) is 1. The van der Waals surface area contributed by atoms with Crippen LogP contribution in [0.4, 0.5) is 14.5 Å². The molecule has 26 heavy (non-hydrogen) atoms. The van der Waals surface area contributed by atoms with Gasteiger partial charge in [-0.1, -0.05) is 6.08 Å². The molecule has 1 aromatic carbocycles. The first-order chi connectivity index (χ1) is 12.6. The average Bonchev–Trinajstić information content (AvgIpc) is 2.63. The van der Waals surface area contributed by atoms with Gasteiger partial charge >= 0.3 is 6.61 Å². The summed E-state index contributed by atoms with van der Waals surface area (Å²) in [5, 5.41) is 13.5. The van der Waals surface area contributed by atoms with Crippen LogP contribution in [0.3, 0.4) is 0 Å². The molecular formula is C19H20F2N4O. The Morgan fingerprint density at radius 3 is 2.85 bits per heavy atom. The molecule has 0 amide bonds. The lowest BCUT2D eigenvalue weighted by Gasteiger charge is -2.32. The van der Waals surface area contributed by atoms with E-state index in [1.54, 1.807) is 6.07 Å². The summed E-state index contributed by atoms with van der Waals surface area (Å²) in [5.74, 6) is 0.0493. The summed E-state index contributed by atoms with van der Waals surface area (Å²) in [5.41, 5.74) is 1.64. The Kier molecular flexibility index (Phi) is 5.64. The van der Waals surface area contributed by atoms with E-state index in [-0.39, 0.29) is 11.8 Å². The number of nitrogens with zero attached hydrogens (tertiary/aromatic N) is 3. The molecule has 1 aromatic heterocycles. The van der Waals surface area contributed by atoms with E-state index < -0.39 is 6.61 Å². The number of nitriles is 1. The van der Waals surface area contributed by atoms with E-state index in [2.05, 4.69) is 32.6 Å². The van der Waals surface area contributed by atoms with Gasteiger partial charge in [-0.05, 0) is 31.0 Å². The predicted molar refractivity (Wildman–Crippen MR) is 96.4 cm³/mol. The van der Waals surface area contributed by atoms with Gasteiger partial charge in [0.25, 0.3) is 0 Å². The Hall–Kier alpha value is -2.72. The zero-order valence-electron chi connectivity index (χ0n) is 14.3. The van der Waals surface area contributed by atoms with Crippen LogP contribution in [0.2, 0.25) is 0 Å². The first-order valence-corrected chi connectivity index (χ1v) is 8.48. The quantitative estimate of drug-likeness (QED) is 0.797. The number of rotatable bonds is 6. The molecule has 0 atom stereocenters. The maximum absolute atomic E-state index is 12.5. The summed E-state index contributed by atoms with van der Waals surface area (Å²) in [6, 6.07) is 6.90. The Bertz CT molecular complexity index is 826. The second kappa shape index (κ2) is 8.11. The number of fused-ring (bicyclic) bond motifs is 1. The Balaban J connectivity index is 1.88. The first-order valence-electron chi connectivity index (χ1n) is 8.48. The Morgan fingerprint density at radius 1 is 1.42 bits per heavy atom. The molecule has 1 saturated heterocycles. The number of hydrogen-bond donors (Lipinski definition) is 1. The van der Waals surface area contributed by atoms with Crippen LogP contribution in [-0.4, -0.2) is 42.2 Å². The van der Waals surface area contributed by atoms with Crippen LogP contribution in [0.25, 0.3) is 10.9 Å². The second-order valence-electron chi connectivity index (χ2n) is 6.22. The zero-order valence-corrected chi connectivity index (χ0v) is 14.3. The van der Waals surface area contributed by atoms with Gasteiger partial charge in [0.15, 0.2) is 0 Å². The molecular weight excluding hydrogens is 338 g/mol. The van der Waals surface area contributed by atoms with Gasteiger partial charge in [-0.15, -0.1) is 6.58 Å². The summed E-state index contributed by atoms with van der Waals surface area (Å²) in [7, 11) is 0. The fourth-order valence-electron chi connectivity index (χ4n) is 3.23. The lowest BCUT2D eigenvalue weighted by atomic mass is 10.0. The van der Waals surface area contributed by atoms with Crippen molar-refractivity contribution in [3.05, 3.63) is 42.6 Å². The first kappa shape index (κ1) is 18.1. The maximum Gasteiger partial charge on any atom is 0.387 e. The van der Waals surface area contributed by atoms with E-state index in [4.69, 9.17) is 0 Å². The van der Waals surface area contributed by atoms with Gasteiger partial charge in [-0.2, -0.15) is 14.0 Å². The van der Waals surface area contributed by atoms with Crippen molar-refractivity contribution in [3.63, 3.8) is 0 Å². The highest BCUT2D eigenvalue weighted by Crippen LogP contribution is 2.31. The number of pyridine rings is 1. The second-order valence-corrected chi connectivity index (χ2v) is 6.22. The van der Waals surface area contributed by atoms with Crippen LogP contribution in [0.5, 0.6) is 5.75 Å². The molecule has 0 bridgehead atoms. The van der Waals surface area contributed by atoms with Gasteiger partial charge in [0, 0.05) is 37.3 Å². The van der Waals surface area contributed by atoms with Crippen molar-refractivity contribution >= 4 is 16.6 Å². The lowest BCUT2D eigenvalue weighted by molar-refractivity contribution is -0.0497. The molecule has 0 saturated carbocycles. The molecule has 1 fully saturated rings. The van der Waals surface area contributed by atoms with Crippen LogP contribution in [0.15, 0.2) is 37.1 Å². The van der Waals surface area contributed by atoms with Gasteiger partial charge < -0.3 is 10.1 Å². The molecule has 0 spiro atoms. The van der Waals surface area contributed by atoms with Crippen LogP contribution in [0, 0.1) is 11.3 Å². The van der Waals surface area contributed by atoms with Gasteiger partial charge in [0.2, 0.25) is 0 Å². The average molecular weight is 358 g/mol. The third kappa shape index (κ3) is 4.09. The van der Waals surface area contributed by atoms with E-state index in [0.29, 0.717) is 22.2 Å². The lowest BCUT2D eigenvalue weighted by Crippen LogP contribution is -2.39. The zero-order chi connectivity index (χ0) is 18.5. The molecule has 1 N–H and O–H groups in total. The molecule has 0 unspecified atom stereocenters.